The van der Waals surface area contributed by atoms with Gasteiger partial charge in [0.1, 0.15) is 0 Å². The monoisotopic (exact) mass is 324 g/mol. The van der Waals surface area contributed by atoms with Gasteiger partial charge in [-0.2, -0.15) is 0 Å². The zero-order valence-electron chi connectivity index (χ0n) is 8.05. The summed E-state index contributed by atoms with van der Waals surface area (Å²) in [5, 5.41) is 1.08. The Morgan fingerprint density at radius 2 is 1.50 bits per heavy atom. The highest BCUT2D eigenvalue weighted by atomic mass is 79.9. The molecule has 0 aromatic rings. The smallest absolute Gasteiger partial charge is 0.306 e. The van der Waals surface area contributed by atoms with E-state index >= 15 is 0 Å². The minimum atomic E-state index is -3.29. The molecule has 0 fully saturated rings. The molecule has 0 saturated carbocycles. The zero-order chi connectivity index (χ0) is 10.9. The molecule has 14 heavy (non-hydrogen) atoms. The highest BCUT2D eigenvalue weighted by Gasteiger charge is 2.12. The van der Waals surface area contributed by atoms with E-state index in [1.807, 2.05) is 0 Å². The highest BCUT2D eigenvalue weighted by molar-refractivity contribution is 9.09. The molecule has 0 amide bonds. The fraction of sp³-hybridized carbons (Fsp3) is 1.00. The van der Waals surface area contributed by atoms with Crippen molar-refractivity contribution in [2.75, 3.05) is 11.9 Å². The number of unbranched alkanes of at least 4 members (excludes halogenated alkanes) is 5. The molecular weight excluding hydrogens is 310 g/mol. The van der Waals surface area contributed by atoms with Crippen LogP contribution in [0.5, 0.6) is 0 Å². The van der Waals surface area contributed by atoms with E-state index in [0.29, 0.717) is 6.61 Å². The van der Waals surface area contributed by atoms with Gasteiger partial charge in [-0.15, -0.1) is 0 Å². The van der Waals surface area contributed by atoms with Gasteiger partial charge in [-0.25, -0.2) is 0 Å². The fourth-order valence-corrected chi connectivity index (χ4v) is 2.23. The maximum Gasteiger partial charge on any atom is 0.380 e. The summed E-state index contributed by atoms with van der Waals surface area (Å²) in [7, 11) is 0. The summed E-state index contributed by atoms with van der Waals surface area (Å²) >= 11 is 13.8. The van der Waals surface area contributed by atoms with Crippen LogP contribution < -0.4 is 0 Å². The minimum Gasteiger partial charge on any atom is -0.306 e. The van der Waals surface area contributed by atoms with Crippen LogP contribution in [0, 0.1) is 0 Å². The van der Waals surface area contributed by atoms with Crippen LogP contribution in [0.25, 0.3) is 0 Å². The molecule has 86 valence electrons. The van der Waals surface area contributed by atoms with Gasteiger partial charge in [-0.05, 0) is 35.3 Å². The number of hydrogen-bond donors (Lipinski definition) is 0. The van der Waals surface area contributed by atoms with Gasteiger partial charge in [0.2, 0.25) is 0 Å². The van der Waals surface area contributed by atoms with Gasteiger partial charge in [-0.3, -0.25) is 4.57 Å². The van der Waals surface area contributed by atoms with Crippen molar-refractivity contribution < 1.29 is 9.09 Å². The molecule has 0 radical (unpaired) electrons. The average Bonchev–Trinajstić information content (AvgIpc) is 2.08. The molecule has 0 saturated heterocycles. The van der Waals surface area contributed by atoms with Gasteiger partial charge in [0.25, 0.3) is 0 Å². The molecular formula is C8H16BrCl2O2P. The average molecular weight is 326 g/mol. The summed E-state index contributed by atoms with van der Waals surface area (Å²) in [5.74, 6) is 0. The van der Waals surface area contributed by atoms with E-state index in [2.05, 4.69) is 15.9 Å². The van der Waals surface area contributed by atoms with E-state index < -0.39 is 6.07 Å². The SMILES string of the molecule is O=P(Cl)(Cl)OCCCCCCCCBr. The van der Waals surface area contributed by atoms with Crippen LogP contribution in [0.4, 0.5) is 0 Å². The van der Waals surface area contributed by atoms with E-state index in [-0.39, 0.29) is 0 Å². The van der Waals surface area contributed by atoms with E-state index in [9.17, 15) is 4.57 Å². The molecule has 2 nitrogen and oxygen atoms in total. The van der Waals surface area contributed by atoms with Crippen molar-refractivity contribution in [1.29, 1.82) is 0 Å². The molecule has 0 atom stereocenters. The summed E-state index contributed by atoms with van der Waals surface area (Å²) in [6, 6.07) is 0. The van der Waals surface area contributed by atoms with Crippen LogP contribution in [0.1, 0.15) is 38.5 Å². The highest BCUT2D eigenvalue weighted by Crippen LogP contribution is 2.57. The standard InChI is InChI=1S/C8H16BrCl2O2P/c9-7-5-3-1-2-4-6-8-13-14(10,11)12/h1-8H2. The van der Waals surface area contributed by atoms with Gasteiger partial charge in [0, 0.05) is 5.33 Å². The molecule has 0 heterocycles. The normalized spacial score (nSPS) is 11.9. The second-order valence-electron chi connectivity index (χ2n) is 3.06. The molecule has 0 aliphatic carbocycles. The summed E-state index contributed by atoms with van der Waals surface area (Å²) in [6.45, 7) is 0.392. The lowest BCUT2D eigenvalue weighted by Crippen LogP contribution is -1.88. The molecule has 0 aliphatic heterocycles. The first kappa shape index (κ1) is 15.2. The van der Waals surface area contributed by atoms with Crippen molar-refractivity contribution >= 4 is 44.5 Å². The lowest BCUT2D eigenvalue weighted by atomic mass is 10.1. The van der Waals surface area contributed by atoms with Gasteiger partial charge < -0.3 is 4.52 Å². The first-order chi connectivity index (χ1) is 6.56. The van der Waals surface area contributed by atoms with Crippen molar-refractivity contribution in [3.63, 3.8) is 0 Å². The lowest BCUT2D eigenvalue weighted by molar-refractivity contribution is 0.320. The molecule has 0 N–H and O–H groups in total. The molecule has 0 aromatic heterocycles. The number of alkyl halides is 1. The molecule has 0 bridgehead atoms. The van der Waals surface area contributed by atoms with E-state index in [1.165, 1.54) is 25.7 Å². The third-order valence-corrected chi connectivity index (χ3v) is 3.40. The van der Waals surface area contributed by atoms with Crippen molar-refractivity contribution in [3.05, 3.63) is 0 Å². The van der Waals surface area contributed by atoms with Gasteiger partial charge >= 0.3 is 6.07 Å². The first-order valence-corrected chi connectivity index (χ1v) is 9.32. The maximum absolute atomic E-state index is 10.7. The van der Waals surface area contributed by atoms with Gasteiger partial charge in [0.05, 0.1) is 6.61 Å². The van der Waals surface area contributed by atoms with Crippen molar-refractivity contribution in [3.8, 4) is 0 Å². The third-order valence-electron chi connectivity index (χ3n) is 1.77. The predicted octanol–water partition coefficient (Wildman–Crippen LogP) is 5.32. The first-order valence-electron chi connectivity index (χ1n) is 4.76. The Balaban J connectivity index is 3.03. The molecule has 0 spiro atoms. The maximum atomic E-state index is 10.7. The Labute approximate surface area is 104 Å². The topological polar surface area (TPSA) is 26.3 Å². The van der Waals surface area contributed by atoms with Crippen LogP contribution in [-0.2, 0) is 9.09 Å². The second-order valence-corrected chi connectivity index (χ2v) is 8.13. The third kappa shape index (κ3) is 13.2. The fourth-order valence-electron chi connectivity index (χ4n) is 1.07. The summed E-state index contributed by atoms with van der Waals surface area (Å²) in [6.07, 6.45) is 3.58. The second kappa shape index (κ2) is 9.47. The largest absolute Gasteiger partial charge is 0.380 e. The Bertz CT molecular complexity index is 175. The number of rotatable bonds is 9. The van der Waals surface area contributed by atoms with Crippen LogP contribution in [0.15, 0.2) is 0 Å². The van der Waals surface area contributed by atoms with E-state index in [1.54, 1.807) is 0 Å². The Morgan fingerprint density at radius 3 is 2.00 bits per heavy atom. The quantitative estimate of drug-likeness (QED) is 0.325. The molecule has 0 rings (SSSR count). The summed E-state index contributed by atoms with van der Waals surface area (Å²) in [4.78, 5) is 0. The Morgan fingerprint density at radius 1 is 1.00 bits per heavy atom. The Hall–Kier alpha value is 1.25. The summed E-state index contributed by atoms with van der Waals surface area (Å²) < 4.78 is 15.4. The van der Waals surface area contributed by atoms with Gasteiger partial charge in [0.15, 0.2) is 0 Å². The van der Waals surface area contributed by atoms with Crippen LogP contribution in [0.3, 0.4) is 0 Å². The van der Waals surface area contributed by atoms with Crippen LogP contribution >= 0.6 is 44.5 Å². The number of halogens is 3. The van der Waals surface area contributed by atoms with Gasteiger partial charge in [-0.1, -0.05) is 41.6 Å². The Kier molecular flexibility index (Phi) is 10.3. The molecule has 0 aromatic carbocycles. The zero-order valence-corrected chi connectivity index (χ0v) is 12.0. The van der Waals surface area contributed by atoms with Crippen LogP contribution in [0.2, 0.25) is 0 Å². The predicted molar refractivity (Wildman–Crippen MR) is 66.8 cm³/mol. The van der Waals surface area contributed by atoms with E-state index in [0.717, 1.165) is 18.2 Å². The van der Waals surface area contributed by atoms with Crippen LogP contribution in [-0.4, -0.2) is 11.9 Å². The van der Waals surface area contributed by atoms with Crippen molar-refractivity contribution in [2.45, 2.75) is 38.5 Å². The lowest BCUT2D eigenvalue weighted by Gasteiger charge is -2.03. The molecule has 0 unspecified atom stereocenters. The van der Waals surface area contributed by atoms with Crippen molar-refractivity contribution in [1.82, 2.24) is 0 Å². The molecule has 6 heteroatoms. The summed E-state index contributed by atoms with van der Waals surface area (Å²) in [5.41, 5.74) is 0. The van der Waals surface area contributed by atoms with Crippen molar-refractivity contribution in [2.24, 2.45) is 0 Å². The number of hydrogen-bond acceptors (Lipinski definition) is 2. The van der Waals surface area contributed by atoms with E-state index in [4.69, 9.17) is 27.0 Å². The minimum absolute atomic E-state index is 0.392. The molecule has 0 aliphatic rings.